The number of dihydropyridines is 1. The summed E-state index contributed by atoms with van der Waals surface area (Å²) in [5.74, 6) is 0. The van der Waals surface area contributed by atoms with E-state index in [1.165, 1.54) is 55.7 Å². The molecule has 0 radical (unpaired) electrons. The van der Waals surface area contributed by atoms with Crippen LogP contribution in [-0.4, -0.2) is 25.0 Å². The molecule has 2 aliphatic rings. The molecule has 2 heterocycles. The monoisotopic (exact) mass is 556 g/mol. The van der Waals surface area contributed by atoms with Crippen LogP contribution in [0.4, 0.5) is 0 Å². The summed E-state index contributed by atoms with van der Waals surface area (Å²) in [4.78, 5) is 2.22. The van der Waals surface area contributed by atoms with Gasteiger partial charge < -0.3 is 10.2 Å². The number of nitrogens with one attached hydrogen (secondary N) is 1. The van der Waals surface area contributed by atoms with Crippen LogP contribution in [0.1, 0.15) is 11.1 Å². The van der Waals surface area contributed by atoms with Gasteiger partial charge in [-0.1, -0.05) is 76.6 Å². The van der Waals surface area contributed by atoms with E-state index in [4.69, 9.17) is 0 Å². The van der Waals surface area contributed by atoms with Crippen LogP contribution >= 0.6 is 15.9 Å². The van der Waals surface area contributed by atoms with E-state index < -0.39 is 0 Å². The molecule has 3 heteroatoms. The molecule has 0 unspecified atom stereocenters. The summed E-state index contributed by atoms with van der Waals surface area (Å²) in [7, 11) is 2.12. The molecule has 6 rings (SSSR count). The number of allylic oxidation sites excluding steroid dienone is 4. The maximum Gasteiger partial charge on any atom is 0.0426 e. The standard InChI is InChI=1S/C35H29BrN2/c1-38-16-6-13-31(24-38)26-8-3-10-28(18-26)33-19-32(20-34(21-33)29-11-4-14-35(36)22-29)27-9-2-7-25(17-27)30-12-5-15-37-23-30/h2-22,37H,23-24H2,1H3. The van der Waals surface area contributed by atoms with E-state index in [9.17, 15) is 0 Å². The summed E-state index contributed by atoms with van der Waals surface area (Å²) < 4.78 is 1.08. The number of benzene rings is 4. The molecule has 0 saturated carbocycles. The van der Waals surface area contributed by atoms with Crippen molar-refractivity contribution in [3.63, 3.8) is 0 Å². The van der Waals surface area contributed by atoms with Gasteiger partial charge in [0.15, 0.2) is 0 Å². The molecule has 0 bridgehead atoms. The second-order valence-corrected chi connectivity index (χ2v) is 10.8. The van der Waals surface area contributed by atoms with E-state index >= 15 is 0 Å². The Bertz CT molecular complexity index is 1620. The van der Waals surface area contributed by atoms with Crippen LogP contribution in [0.15, 0.2) is 132 Å². The lowest BCUT2D eigenvalue weighted by Gasteiger charge is -2.20. The third kappa shape index (κ3) is 5.29. The van der Waals surface area contributed by atoms with E-state index in [1.54, 1.807) is 0 Å². The minimum atomic E-state index is 0.844. The normalized spacial score (nSPS) is 14.6. The Balaban J connectivity index is 1.47. The van der Waals surface area contributed by atoms with Crippen LogP contribution in [0.2, 0.25) is 0 Å². The first-order valence-electron chi connectivity index (χ1n) is 12.9. The molecule has 2 nitrogen and oxygen atoms in total. The van der Waals surface area contributed by atoms with Crippen LogP contribution in [0, 0.1) is 0 Å². The van der Waals surface area contributed by atoms with Crippen molar-refractivity contribution in [2.24, 2.45) is 0 Å². The minimum absolute atomic E-state index is 0.844. The van der Waals surface area contributed by atoms with E-state index in [1.807, 2.05) is 6.20 Å². The van der Waals surface area contributed by atoms with E-state index in [0.29, 0.717) is 0 Å². The summed E-state index contributed by atoms with van der Waals surface area (Å²) in [6.45, 7) is 1.76. The summed E-state index contributed by atoms with van der Waals surface area (Å²) in [6, 6.07) is 33.3. The molecule has 4 aromatic carbocycles. The van der Waals surface area contributed by atoms with Crippen molar-refractivity contribution in [1.29, 1.82) is 0 Å². The summed E-state index contributed by atoms with van der Waals surface area (Å²) in [5.41, 5.74) is 12.4. The molecule has 0 saturated heterocycles. The second kappa shape index (κ2) is 10.7. The first-order chi connectivity index (χ1) is 18.6. The van der Waals surface area contributed by atoms with Crippen molar-refractivity contribution in [2.45, 2.75) is 0 Å². The molecular formula is C35H29BrN2. The van der Waals surface area contributed by atoms with Crippen molar-refractivity contribution in [3.8, 4) is 33.4 Å². The average molecular weight is 558 g/mol. The molecule has 0 aliphatic carbocycles. The predicted molar refractivity (Wildman–Crippen MR) is 165 cm³/mol. The van der Waals surface area contributed by atoms with Crippen molar-refractivity contribution >= 4 is 27.1 Å². The lowest BCUT2D eigenvalue weighted by Crippen LogP contribution is -2.15. The Morgan fingerprint density at radius 3 is 1.71 bits per heavy atom. The van der Waals surface area contributed by atoms with Gasteiger partial charge in [0, 0.05) is 24.6 Å². The van der Waals surface area contributed by atoms with E-state index in [-0.39, 0.29) is 0 Å². The van der Waals surface area contributed by atoms with Gasteiger partial charge in [-0.05, 0) is 123 Å². The number of likely N-dealkylation sites (N-methyl/N-ethyl adjacent to an activating group) is 1. The maximum absolute atomic E-state index is 3.66. The second-order valence-electron chi connectivity index (χ2n) is 9.85. The first-order valence-corrected chi connectivity index (χ1v) is 13.7. The van der Waals surface area contributed by atoms with Gasteiger partial charge >= 0.3 is 0 Å². The van der Waals surface area contributed by atoms with Gasteiger partial charge in [-0.3, -0.25) is 0 Å². The quantitative estimate of drug-likeness (QED) is 0.264. The molecule has 38 heavy (non-hydrogen) atoms. The molecule has 186 valence electrons. The fourth-order valence-corrected chi connectivity index (χ4v) is 5.52. The number of hydrogen-bond acceptors (Lipinski definition) is 2. The SMILES string of the molecule is CN1C=CC=C(c2cccc(-c3cc(-c4cccc(Br)c4)cc(-c4cccc(C5=CC=CNC5)c4)c3)c2)C1. The molecule has 4 aromatic rings. The van der Waals surface area contributed by atoms with Crippen LogP contribution < -0.4 is 5.32 Å². The number of nitrogens with zero attached hydrogens (tertiary/aromatic N) is 1. The van der Waals surface area contributed by atoms with Gasteiger partial charge in [-0.15, -0.1) is 0 Å². The highest BCUT2D eigenvalue weighted by atomic mass is 79.9. The Hall–Kier alpha value is -4.08. The lowest BCUT2D eigenvalue weighted by atomic mass is 9.91. The summed E-state index contributed by atoms with van der Waals surface area (Å²) in [5, 5.41) is 3.33. The predicted octanol–water partition coefficient (Wildman–Crippen LogP) is 8.79. The van der Waals surface area contributed by atoms with Gasteiger partial charge in [0.05, 0.1) is 0 Å². The molecule has 0 spiro atoms. The summed E-state index contributed by atoms with van der Waals surface area (Å²) >= 11 is 3.66. The molecule has 0 fully saturated rings. The van der Waals surface area contributed by atoms with Gasteiger partial charge in [0.1, 0.15) is 0 Å². The lowest BCUT2D eigenvalue weighted by molar-refractivity contribution is 0.512. The van der Waals surface area contributed by atoms with Crippen molar-refractivity contribution in [3.05, 3.63) is 143 Å². The smallest absolute Gasteiger partial charge is 0.0426 e. The van der Waals surface area contributed by atoms with Crippen LogP contribution in [0.3, 0.4) is 0 Å². The average Bonchev–Trinajstić information content (AvgIpc) is 2.97. The Morgan fingerprint density at radius 2 is 1.13 bits per heavy atom. The van der Waals surface area contributed by atoms with Gasteiger partial charge in [0.25, 0.3) is 0 Å². The molecule has 0 amide bonds. The van der Waals surface area contributed by atoms with Crippen molar-refractivity contribution in [2.75, 3.05) is 20.1 Å². The summed E-state index contributed by atoms with van der Waals surface area (Å²) in [6.07, 6.45) is 12.7. The van der Waals surface area contributed by atoms with Gasteiger partial charge in [0.2, 0.25) is 0 Å². The van der Waals surface area contributed by atoms with E-state index in [2.05, 4.69) is 155 Å². The first kappa shape index (κ1) is 24.3. The Morgan fingerprint density at radius 1 is 0.605 bits per heavy atom. The van der Waals surface area contributed by atoms with Crippen LogP contribution in [0.25, 0.3) is 44.5 Å². The third-order valence-electron chi connectivity index (χ3n) is 7.09. The zero-order valence-electron chi connectivity index (χ0n) is 21.4. The maximum atomic E-state index is 3.66. The number of rotatable bonds is 5. The minimum Gasteiger partial charge on any atom is -0.387 e. The highest BCUT2D eigenvalue weighted by Gasteiger charge is 2.12. The molecule has 1 N–H and O–H groups in total. The molecule has 2 aliphatic heterocycles. The Labute approximate surface area is 233 Å². The zero-order chi connectivity index (χ0) is 25.9. The fraction of sp³-hybridized carbons (Fsp3) is 0.0857. The topological polar surface area (TPSA) is 15.3 Å². The zero-order valence-corrected chi connectivity index (χ0v) is 22.9. The molecule has 0 atom stereocenters. The van der Waals surface area contributed by atoms with Crippen LogP contribution in [0.5, 0.6) is 0 Å². The van der Waals surface area contributed by atoms with Crippen LogP contribution in [-0.2, 0) is 0 Å². The fourth-order valence-electron chi connectivity index (χ4n) is 5.12. The number of halogens is 1. The van der Waals surface area contributed by atoms with Gasteiger partial charge in [-0.2, -0.15) is 0 Å². The largest absolute Gasteiger partial charge is 0.387 e. The van der Waals surface area contributed by atoms with Crippen molar-refractivity contribution in [1.82, 2.24) is 10.2 Å². The Kier molecular flexibility index (Phi) is 6.85. The van der Waals surface area contributed by atoms with Gasteiger partial charge in [-0.25, -0.2) is 0 Å². The third-order valence-corrected chi connectivity index (χ3v) is 7.58. The number of hydrogen-bond donors (Lipinski definition) is 1. The molecule has 0 aromatic heterocycles. The van der Waals surface area contributed by atoms with E-state index in [0.717, 1.165) is 17.6 Å². The van der Waals surface area contributed by atoms with Crippen molar-refractivity contribution < 1.29 is 0 Å². The highest BCUT2D eigenvalue weighted by molar-refractivity contribution is 9.10. The highest BCUT2D eigenvalue weighted by Crippen LogP contribution is 2.35. The molecular weight excluding hydrogens is 528 g/mol.